The molecule has 1 aromatic heterocycles. The fraction of sp³-hybridized carbons (Fsp3) is 0.632. The first kappa shape index (κ1) is 23.6. The number of rotatable bonds is 6. The van der Waals surface area contributed by atoms with E-state index in [0.29, 0.717) is 19.1 Å². The van der Waals surface area contributed by atoms with Crippen LogP contribution >= 0.6 is 24.0 Å². The molecule has 2 heterocycles. The number of pyridine rings is 1. The molecule has 0 saturated carbocycles. The average molecular weight is 488 g/mol. The van der Waals surface area contributed by atoms with Gasteiger partial charge in [0, 0.05) is 46.0 Å². The molecular weight excluding hydrogens is 455 g/mol. The van der Waals surface area contributed by atoms with E-state index in [-0.39, 0.29) is 29.9 Å². The Morgan fingerprint density at radius 1 is 1.37 bits per heavy atom. The van der Waals surface area contributed by atoms with Crippen LogP contribution in [0.25, 0.3) is 0 Å². The zero-order valence-corrected chi connectivity index (χ0v) is 19.2. The SMILES string of the molecule is CCNC(=NCc1ncccc1C)NC1CCN(CC(=O)N(C)C)CC1.I. The lowest BCUT2D eigenvalue weighted by molar-refractivity contribution is -0.130. The van der Waals surface area contributed by atoms with E-state index >= 15 is 0 Å². The summed E-state index contributed by atoms with van der Waals surface area (Å²) in [5.41, 5.74) is 2.16. The van der Waals surface area contributed by atoms with Crippen molar-refractivity contribution in [2.24, 2.45) is 4.99 Å². The molecule has 0 bridgehead atoms. The number of guanidine groups is 1. The average Bonchev–Trinajstić information content (AvgIpc) is 2.62. The van der Waals surface area contributed by atoms with E-state index in [9.17, 15) is 4.79 Å². The second-order valence-electron chi connectivity index (χ2n) is 6.95. The molecule has 1 amide bonds. The molecule has 0 aromatic carbocycles. The van der Waals surface area contributed by atoms with Gasteiger partial charge in [0.1, 0.15) is 0 Å². The number of carbonyl (C=O) groups excluding carboxylic acids is 1. The minimum Gasteiger partial charge on any atom is -0.357 e. The predicted octanol–water partition coefficient (Wildman–Crippen LogP) is 1.62. The Morgan fingerprint density at radius 2 is 2.07 bits per heavy atom. The molecule has 0 atom stereocenters. The molecule has 1 aliphatic heterocycles. The first-order valence-corrected chi connectivity index (χ1v) is 9.37. The van der Waals surface area contributed by atoms with Crippen molar-refractivity contribution < 1.29 is 4.79 Å². The van der Waals surface area contributed by atoms with Crippen molar-refractivity contribution in [2.75, 3.05) is 40.3 Å². The summed E-state index contributed by atoms with van der Waals surface area (Å²) in [5, 5.41) is 6.85. The van der Waals surface area contributed by atoms with E-state index in [0.717, 1.165) is 49.7 Å². The van der Waals surface area contributed by atoms with Crippen LogP contribution in [-0.2, 0) is 11.3 Å². The third-order valence-corrected chi connectivity index (χ3v) is 4.64. The quantitative estimate of drug-likeness (QED) is 0.362. The molecule has 8 heteroatoms. The molecule has 152 valence electrons. The zero-order valence-electron chi connectivity index (χ0n) is 16.9. The van der Waals surface area contributed by atoms with Gasteiger partial charge >= 0.3 is 0 Å². The highest BCUT2D eigenvalue weighted by Gasteiger charge is 2.22. The van der Waals surface area contributed by atoms with Crippen LogP contribution in [0.15, 0.2) is 23.3 Å². The van der Waals surface area contributed by atoms with Gasteiger partial charge in [-0.05, 0) is 38.3 Å². The van der Waals surface area contributed by atoms with E-state index < -0.39 is 0 Å². The maximum atomic E-state index is 11.8. The summed E-state index contributed by atoms with van der Waals surface area (Å²) >= 11 is 0. The van der Waals surface area contributed by atoms with Crippen LogP contribution in [-0.4, -0.2) is 73.0 Å². The number of piperidine rings is 1. The van der Waals surface area contributed by atoms with Gasteiger partial charge in [0.15, 0.2) is 5.96 Å². The van der Waals surface area contributed by atoms with Gasteiger partial charge in [-0.25, -0.2) is 4.99 Å². The fourth-order valence-corrected chi connectivity index (χ4v) is 2.92. The number of aromatic nitrogens is 1. The first-order valence-electron chi connectivity index (χ1n) is 9.37. The highest BCUT2D eigenvalue weighted by atomic mass is 127. The molecule has 0 radical (unpaired) electrons. The number of amides is 1. The van der Waals surface area contributed by atoms with E-state index in [2.05, 4.69) is 45.4 Å². The summed E-state index contributed by atoms with van der Waals surface area (Å²) in [5.74, 6) is 0.998. The molecule has 1 fully saturated rings. The van der Waals surface area contributed by atoms with E-state index in [4.69, 9.17) is 0 Å². The number of halogens is 1. The molecule has 7 nitrogen and oxygen atoms in total. The van der Waals surface area contributed by atoms with E-state index in [1.165, 1.54) is 0 Å². The monoisotopic (exact) mass is 488 g/mol. The fourth-order valence-electron chi connectivity index (χ4n) is 2.92. The summed E-state index contributed by atoms with van der Waals surface area (Å²) in [6.07, 6.45) is 3.82. The van der Waals surface area contributed by atoms with Crippen LogP contribution in [0.4, 0.5) is 0 Å². The Bertz CT molecular complexity index is 614. The molecule has 2 rings (SSSR count). The number of aryl methyl sites for hydroxylation is 1. The van der Waals surface area contributed by atoms with Gasteiger partial charge < -0.3 is 15.5 Å². The van der Waals surface area contributed by atoms with Crippen molar-refractivity contribution in [3.8, 4) is 0 Å². The number of aliphatic imine (C=N–C) groups is 1. The zero-order chi connectivity index (χ0) is 18.9. The number of nitrogens with one attached hydrogen (secondary N) is 2. The highest BCUT2D eigenvalue weighted by Crippen LogP contribution is 2.10. The topological polar surface area (TPSA) is 72.9 Å². The number of nitrogens with zero attached hydrogens (tertiary/aromatic N) is 4. The molecule has 1 aliphatic rings. The largest absolute Gasteiger partial charge is 0.357 e. The second-order valence-corrected chi connectivity index (χ2v) is 6.95. The molecule has 0 unspecified atom stereocenters. The Balaban J connectivity index is 0.00000364. The van der Waals surface area contributed by atoms with Gasteiger partial charge in [0.2, 0.25) is 5.91 Å². The van der Waals surface area contributed by atoms with Gasteiger partial charge in [-0.1, -0.05) is 6.07 Å². The van der Waals surface area contributed by atoms with Crippen molar-refractivity contribution in [1.82, 2.24) is 25.4 Å². The molecule has 2 N–H and O–H groups in total. The van der Waals surface area contributed by atoms with Crippen LogP contribution in [0.5, 0.6) is 0 Å². The van der Waals surface area contributed by atoms with Crippen LogP contribution in [0.2, 0.25) is 0 Å². The Labute approximate surface area is 180 Å². The van der Waals surface area contributed by atoms with Crippen molar-refractivity contribution >= 4 is 35.8 Å². The van der Waals surface area contributed by atoms with Crippen molar-refractivity contribution in [1.29, 1.82) is 0 Å². The predicted molar refractivity (Wildman–Crippen MR) is 120 cm³/mol. The highest BCUT2D eigenvalue weighted by molar-refractivity contribution is 14.0. The number of hydrogen-bond donors (Lipinski definition) is 2. The Morgan fingerprint density at radius 3 is 2.67 bits per heavy atom. The van der Waals surface area contributed by atoms with Crippen molar-refractivity contribution in [3.05, 3.63) is 29.6 Å². The number of carbonyl (C=O) groups is 1. The van der Waals surface area contributed by atoms with Gasteiger partial charge in [0.25, 0.3) is 0 Å². The lowest BCUT2D eigenvalue weighted by atomic mass is 10.1. The third kappa shape index (κ3) is 8.00. The van der Waals surface area contributed by atoms with Crippen LogP contribution in [0, 0.1) is 6.92 Å². The number of likely N-dealkylation sites (tertiary alicyclic amines) is 1. The first-order chi connectivity index (χ1) is 12.5. The second kappa shape index (κ2) is 12.1. The van der Waals surface area contributed by atoms with E-state index in [1.54, 1.807) is 19.0 Å². The standard InChI is InChI=1S/C19H32N6O.HI/c1-5-20-19(22-13-17-15(2)7-6-10-21-17)23-16-8-11-25(12-9-16)14-18(26)24(3)4;/h6-7,10,16H,5,8-9,11-14H2,1-4H3,(H2,20,22,23);1H. The minimum absolute atomic E-state index is 0. The van der Waals surface area contributed by atoms with Crippen LogP contribution < -0.4 is 10.6 Å². The lowest BCUT2D eigenvalue weighted by Gasteiger charge is -2.33. The lowest BCUT2D eigenvalue weighted by Crippen LogP contribution is -2.50. The molecule has 0 aliphatic carbocycles. The summed E-state index contributed by atoms with van der Waals surface area (Å²) in [6, 6.07) is 4.38. The summed E-state index contributed by atoms with van der Waals surface area (Å²) in [4.78, 5) is 24.8. The maximum Gasteiger partial charge on any atom is 0.236 e. The van der Waals surface area contributed by atoms with Gasteiger partial charge in [-0.2, -0.15) is 0 Å². The molecule has 1 saturated heterocycles. The van der Waals surface area contributed by atoms with Gasteiger partial charge in [-0.15, -0.1) is 24.0 Å². The molecule has 0 spiro atoms. The van der Waals surface area contributed by atoms with Crippen molar-refractivity contribution in [2.45, 2.75) is 39.3 Å². The number of likely N-dealkylation sites (N-methyl/N-ethyl adjacent to an activating group) is 1. The third-order valence-electron chi connectivity index (χ3n) is 4.64. The van der Waals surface area contributed by atoms with Gasteiger partial charge in [0.05, 0.1) is 18.8 Å². The summed E-state index contributed by atoms with van der Waals surface area (Å²) < 4.78 is 0. The van der Waals surface area contributed by atoms with E-state index in [1.807, 2.05) is 12.3 Å². The Hall–Kier alpha value is -1.42. The van der Waals surface area contributed by atoms with Crippen LogP contribution in [0.3, 0.4) is 0 Å². The molecule has 1 aromatic rings. The number of hydrogen-bond acceptors (Lipinski definition) is 4. The van der Waals surface area contributed by atoms with Crippen LogP contribution in [0.1, 0.15) is 31.0 Å². The normalized spacial score (nSPS) is 15.8. The van der Waals surface area contributed by atoms with Gasteiger partial charge in [-0.3, -0.25) is 14.7 Å². The Kier molecular flexibility index (Phi) is 10.6. The smallest absolute Gasteiger partial charge is 0.236 e. The summed E-state index contributed by atoms with van der Waals surface area (Å²) in [6.45, 7) is 7.88. The molecule has 27 heavy (non-hydrogen) atoms. The molecular formula is C19H33IN6O. The maximum absolute atomic E-state index is 11.8. The van der Waals surface area contributed by atoms with Crippen molar-refractivity contribution in [3.63, 3.8) is 0 Å². The minimum atomic E-state index is 0. The summed E-state index contributed by atoms with van der Waals surface area (Å²) in [7, 11) is 3.61.